The highest BCUT2D eigenvalue weighted by atomic mass is 16.5. The normalized spacial score (nSPS) is 10.4. The summed E-state index contributed by atoms with van der Waals surface area (Å²) in [7, 11) is 3.07. The van der Waals surface area contributed by atoms with Crippen LogP contribution in [0, 0.1) is 0 Å². The molecular weight excluding hydrogens is 208 g/mol. The van der Waals surface area contributed by atoms with Crippen LogP contribution in [0.4, 0.5) is 0 Å². The molecule has 0 spiro atoms. The van der Waals surface area contributed by atoms with Crippen molar-refractivity contribution in [3.8, 4) is 11.6 Å². The van der Waals surface area contributed by atoms with Crippen molar-refractivity contribution in [1.82, 2.24) is 9.97 Å². The molecule has 0 saturated heterocycles. The summed E-state index contributed by atoms with van der Waals surface area (Å²) in [6.45, 7) is 1.51. The molecule has 0 aliphatic carbocycles. The van der Waals surface area contributed by atoms with Crippen LogP contribution in [0.2, 0.25) is 0 Å². The first-order valence-electron chi connectivity index (χ1n) is 4.78. The molecule has 84 valence electrons. The molecule has 0 aliphatic heterocycles. The first-order valence-corrected chi connectivity index (χ1v) is 4.78. The Morgan fingerprint density at radius 1 is 1.38 bits per heavy atom. The number of hydrogen-bond donors (Lipinski definition) is 1. The zero-order valence-electron chi connectivity index (χ0n) is 9.33. The topological polar surface area (TPSA) is 64.2 Å². The summed E-state index contributed by atoms with van der Waals surface area (Å²) in [6, 6.07) is 0. The summed E-state index contributed by atoms with van der Waals surface area (Å²) in [5, 5.41) is 0.710. The molecule has 2 aromatic rings. The van der Waals surface area contributed by atoms with Gasteiger partial charge in [0.05, 0.1) is 25.8 Å². The Morgan fingerprint density at radius 3 is 2.69 bits per heavy atom. The van der Waals surface area contributed by atoms with Gasteiger partial charge in [0.25, 0.3) is 0 Å². The minimum Gasteiger partial charge on any atom is -0.494 e. The summed E-state index contributed by atoms with van der Waals surface area (Å²) < 4.78 is 10.3. The number of methoxy groups -OCH3 is 2. The fraction of sp³-hybridized carbons (Fsp3) is 0.273. The summed E-state index contributed by atoms with van der Waals surface area (Å²) in [5.74, 6) is 0.975. The van der Waals surface area contributed by atoms with Gasteiger partial charge in [-0.1, -0.05) is 0 Å². The van der Waals surface area contributed by atoms with E-state index in [2.05, 4.69) is 9.97 Å². The van der Waals surface area contributed by atoms with Gasteiger partial charge in [-0.3, -0.25) is 4.79 Å². The molecule has 2 rings (SSSR count). The molecule has 5 nitrogen and oxygen atoms in total. The van der Waals surface area contributed by atoms with Crippen LogP contribution in [-0.4, -0.2) is 30.0 Å². The molecule has 2 aromatic heterocycles. The maximum atomic E-state index is 11.5. The molecule has 0 saturated carbocycles. The predicted molar refractivity (Wildman–Crippen MR) is 59.2 cm³/mol. The van der Waals surface area contributed by atoms with E-state index in [1.807, 2.05) is 0 Å². The Hall–Kier alpha value is -2.04. The molecule has 0 fully saturated rings. The average Bonchev–Trinajstić information content (AvgIpc) is 2.72. The van der Waals surface area contributed by atoms with Crippen LogP contribution < -0.4 is 9.47 Å². The molecule has 16 heavy (non-hydrogen) atoms. The molecular formula is C11H12N2O3. The van der Waals surface area contributed by atoms with Gasteiger partial charge in [0, 0.05) is 11.8 Å². The van der Waals surface area contributed by atoms with E-state index in [4.69, 9.17) is 9.47 Å². The lowest BCUT2D eigenvalue weighted by Gasteiger charge is -2.05. The monoisotopic (exact) mass is 220 g/mol. The molecule has 0 aromatic carbocycles. The van der Waals surface area contributed by atoms with E-state index in [9.17, 15) is 4.79 Å². The third-order valence-electron chi connectivity index (χ3n) is 2.43. The number of rotatable bonds is 3. The second kappa shape index (κ2) is 3.84. The van der Waals surface area contributed by atoms with Gasteiger partial charge in [0.15, 0.2) is 5.78 Å². The van der Waals surface area contributed by atoms with E-state index in [0.717, 1.165) is 0 Å². The van der Waals surface area contributed by atoms with E-state index >= 15 is 0 Å². The van der Waals surface area contributed by atoms with Crippen molar-refractivity contribution in [2.45, 2.75) is 6.92 Å². The molecule has 0 radical (unpaired) electrons. The first kappa shape index (κ1) is 10.5. The van der Waals surface area contributed by atoms with Gasteiger partial charge in [0.2, 0.25) is 5.88 Å². The smallest absolute Gasteiger partial charge is 0.238 e. The third-order valence-corrected chi connectivity index (χ3v) is 2.43. The first-order chi connectivity index (χ1) is 7.69. The molecule has 0 amide bonds. The molecule has 0 unspecified atom stereocenters. The van der Waals surface area contributed by atoms with Gasteiger partial charge in [-0.2, -0.15) is 0 Å². The summed E-state index contributed by atoms with van der Waals surface area (Å²) in [5.41, 5.74) is 1.25. The molecule has 0 bridgehead atoms. The second-order valence-electron chi connectivity index (χ2n) is 3.34. The quantitative estimate of drug-likeness (QED) is 0.801. The van der Waals surface area contributed by atoms with Crippen molar-refractivity contribution in [2.24, 2.45) is 0 Å². The van der Waals surface area contributed by atoms with Crippen LogP contribution in [0.15, 0.2) is 12.4 Å². The lowest BCUT2D eigenvalue weighted by atomic mass is 10.1. The number of Topliss-reactive ketones (excluding diaryl/α,β-unsaturated/α-hetero) is 1. The van der Waals surface area contributed by atoms with Crippen LogP contribution in [0.1, 0.15) is 17.3 Å². The van der Waals surface area contributed by atoms with Gasteiger partial charge < -0.3 is 14.5 Å². The third kappa shape index (κ3) is 1.41. The number of nitrogens with zero attached hydrogens (tertiary/aromatic N) is 1. The van der Waals surface area contributed by atoms with Crippen LogP contribution in [0.25, 0.3) is 10.9 Å². The van der Waals surface area contributed by atoms with Crippen LogP contribution in [0.3, 0.4) is 0 Å². The molecule has 1 N–H and O–H groups in total. The Bertz CT molecular complexity index is 545. The number of H-pyrrole nitrogens is 1. The number of hydrogen-bond acceptors (Lipinski definition) is 4. The van der Waals surface area contributed by atoms with Gasteiger partial charge in [-0.05, 0) is 6.92 Å². The lowest BCUT2D eigenvalue weighted by molar-refractivity contribution is 0.101. The van der Waals surface area contributed by atoms with E-state index < -0.39 is 0 Å². The van der Waals surface area contributed by atoms with Crippen molar-refractivity contribution in [1.29, 1.82) is 0 Å². The van der Waals surface area contributed by atoms with Gasteiger partial charge >= 0.3 is 0 Å². The fourth-order valence-electron chi connectivity index (χ4n) is 1.68. The van der Waals surface area contributed by atoms with Crippen molar-refractivity contribution in [2.75, 3.05) is 14.2 Å². The van der Waals surface area contributed by atoms with Gasteiger partial charge in [-0.25, -0.2) is 4.98 Å². The van der Waals surface area contributed by atoms with Crippen molar-refractivity contribution < 1.29 is 14.3 Å². The fourth-order valence-corrected chi connectivity index (χ4v) is 1.68. The number of ether oxygens (including phenoxy) is 2. The maximum absolute atomic E-state index is 11.5. The number of ketones is 1. The molecule has 0 aliphatic rings. The predicted octanol–water partition coefficient (Wildman–Crippen LogP) is 1.78. The number of carbonyl (C=O) groups excluding carboxylic acids is 1. The molecule has 0 atom stereocenters. The lowest BCUT2D eigenvalue weighted by Crippen LogP contribution is -1.95. The number of fused-ring (bicyclic) bond motifs is 1. The Kier molecular flexibility index (Phi) is 2.52. The summed E-state index contributed by atoms with van der Waals surface area (Å²) in [6.07, 6.45) is 3.18. The van der Waals surface area contributed by atoms with Gasteiger partial charge in [-0.15, -0.1) is 0 Å². The van der Waals surface area contributed by atoms with Crippen molar-refractivity contribution >= 4 is 16.7 Å². The number of nitrogens with one attached hydrogen (secondary N) is 1. The minimum absolute atomic E-state index is 0.0298. The minimum atomic E-state index is -0.0298. The summed E-state index contributed by atoms with van der Waals surface area (Å²) >= 11 is 0. The van der Waals surface area contributed by atoms with E-state index in [1.165, 1.54) is 14.0 Å². The van der Waals surface area contributed by atoms with Crippen LogP contribution in [0.5, 0.6) is 11.6 Å². The number of aromatic nitrogens is 2. The second-order valence-corrected chi connectivity index (χ2v) is 3.34. The zero-order valence-corrected chi connectivity index (χ0v) is 9.33. The highest BCUT2D eigenvalue weighted by Crippen LogP contribution is 2.32. The average molecular weight is 220 g/mol. The van der Waals surface area contributed by atoms with Crippen molar-refractivity contribution in [3.63, 3.8) is 0 Å². The highest BCUT2D eigenvalue weighted by Gasteiger charge is 2.16. The Balaban J connectivity index is 2.82. The molecule has 2 heterocycles. The van der Waals surface area contributed by atoms with Crippen LogP contribution in [-0.2, 0) is 0 Å². The van der Waals surface area contributed by atoms with E-state index in [1.54, 1.807) is 19.5 Å². The molecule has 5 heteroatoms. The summed E-state index contributed by atoms with van der Waals surface area (Å²) in [4.78, 5) is 18.5. The van der Waals surface area contributed by atoms with Crippen molar-refractivity contribution in [3.05, 3.63) is 18.0 Å². The Morgan fingerprint density at radius 2 is 2.12 bits per heavy atom. The Labute approximate surface area is 92.4 Å². The highest BCUT2D eigenvalue weighted by molar-refractivity contribution is 6.09. The van der Waals surface area contributed by atoms with Gasteiger partial charge in [0.1, 0.15) is 11.3 Å². The maximum Gasteiger partial charge on any atom is 0.238 e. The zero-order chi connectivity index (χ0) is 11.7. The number of pyridine rings is 1. The number of aromatic amines is 1. The van der Waals surface area contributed by atoms with E-state index in [-0.39, 0.29) is 5.78 Å². The number of carbonyl (C=O) groups is 1. The van der Waals surface area contributed by atoms with E-state index in [0.29, 0.717) is 28.1 Å². The standard InChI is InChI=1S/C11H12N2O3/c1-6(14)7-4-12-10-9(7)8(15-2)5-13-11(10)16-3/h4-5,12H,1-3H3. The van der Waals surface area contributed by atoms with Crippen LogP contribution >= 0.6 is 0 Å². The largest absolute Gasteiger partial charge is 0.494 e. The SMILES string of the molecule is COc1ncc(OC)c2c(C(C)=O)c[nH]c12.